The minimum Gasteiger partial charge on any atom is -0.327 e. The SMILES string of the molecule is NC1CCC(/C=C/C2CCCCC2)C2CCCCC12. The van der Waals surface area contributed by atoms with E-state index in [4.69, 9.17) is 5.73 Å². The molecule has 108 valence electrons. The maximum absolute atomic E-state index is 6.37. The largest absolute Gasteiger partial charge is 0.327 e. The fraction of sp³-hybridized carbons (Fsp3) is 0.889. The molecular formula is C18H31N. The van der Waals surface area contributed by atoms with Gasteiger partial charge in [0.25, 0.3) is 0 Å². The Morgan fingerprint density at radius 3 is 2.11 bits per heavy atom. The Hall–Kier alpha value is -0.300. The van der Waals surface area contributed by atoms with Crippen LogP contribution < -0.4 is 5.73 Å². The molecule has 1 heteroatoms. The smallest absolute Gasteiger partial charge is 0.00702 e. The molecule has 0 radical (unpaired) electrons. The summed E-state index contributed by atoms with van der Waals surface area (Å²) in [6.45, 7) is 0. The molecule has 3 saturated carbocycles. The average molecular weight is 261 g/mol. The summed E-state index contributed by atoms with van der Waals surface area (Å²) in [5.74, 6) is 3.50. The molecule has 0 spiro atoms. The van der Waals surface area contributed by atoms with Gasteiger partial charge < -0.3 is 5.73 Å². The van der Waals surface area contributed by atoms with Crippen LogP contribution >= 0.6 is 0 Å². The van der Waals surface area contributed by atoms with E-state index in [2.05, 4.69) is 12.2 Å². The van der Waals surface area contributed by atoms with Gasteiger partial charge in [-0.3, -0.25) is 0 Å². The zero-order valence-corrected chi connectivity index (χ0v) is 12.4. The fourth-order valence-electron chi connectivity index (χ4n) is 4.93. The Labute approximate surface area is 119 Å². The van der Waals surface area contributed by atoms with Crippen LogP contribution in [-0.2, 0) is 0 Å². The van der Waals surface area contributed by atoms with Crippen molar-refractivity contribution < 1.29 is 0 Å². The Kier molecular flexibility index (Phi) is 4.63. The van der Waals surface area contributed by atoms with E-state index in [0.29, 0.717) is 6.04 Å². The van der Waals surface area contributed by atoms with Gasteiger partial charge in [-0.1, -0.05) is 44.3 Å². The molecular weight excluding hydrogens is 230 g/mol. The van der Waals surface area contributed by atoms with Crippen molar-refractivity contribution in [1.29, 1.82) is 0 Å². The van der Waals surface area contributed by atoms with Crippen molar-refractivity contribution in [2.24, 2.45) is 29.4 Å². The van der Waals surface area contributed by atoms with Crippen LogP contribution in [0.3, 0.4) is 0 Å². The van der Waals surface area contributed by atoms with Gasteiger partial charge in [0.05, 0.1) is 0 Å². The Morgan fingerprint density at radius 1 is 0.632 bits per heavy atom. The van der Waals surface area contributed by atoms with Crippen molar-refractivity contribution in [3.05, 3.63) is 12.2 Å². The summed E-state index contributed by atoms with van der Waals surface area (Å²) >= 11 is 0. The molecule has 2 N–H and O–H groups in total. The van der Waals surface area contributed by atoms with Crippen molar-refractivity contribution >= 4 is 0 Å². The minimum absolute atomic E-state index is 0.504. The lowest BCUT2D eigenvalue weighted by molar-refractivity contribution is 0.108. The van der Waals surface area contributed by atoms with Crippen LogP contribution in [0.25, 0.3) is 0 Å². The number of fused-ring (bicyclic) bond motifs is 1. The lowest BCUT2D eigenvalue weighted by Crippen LogP contribution is -2.44. The summed E-state index contributed by atoms with van der Waals surface area (Å²) in [7, 11) is 0. The van der Waals surface area contributed by atoms with Gasteiger partial charge in [0.15, 0.2) is 0 Å². The predicted octanol–water partition coefficient (Wildman–Crippen LogP) is 4.67. The lowest BCUT2D eigenvalue weighted by atomic mass is 9.63. The zero-order chi connectivity index (χ0) is 13.1. The normalized spacial score (nSPS) is 41.3. The molecule has 0 bridgehead atoms. The third-order valence-electron chi connectivity index (χ3n) is 6.09. The number of nitrogens with two attached hydrogens (primary N) is 1. The number of hydrogen-bond donors (Lipinski definition) is 1. The first-order valence-electron chi connectivity index (χ1n) is 8.78. The monoisotopic (exact) mass is 261 g/mol. The third kappa shape index (κ3) is 3.24. The van der Waals surface area contributed by atoms with Crippen LogP contribution in [0.2, 0.25) is 0 Å². The highest BCUT2D eigenvalue weighted by Crippen LogP contribution is 2.44. The Balaban J connectivity index is 1.61. The van der Waals surface area contributed by atoms with Gasteiger partial charge >= 0.3 is 0 Å². The van der Waals surface area contributed by atoms with Crippen molar-refractivity contribution in [3.8, 4) is 0 Å². The molecule has 3 aliphatic rings. The summed E-state index contributed by atoms with van der Waals surface area (Å²) in [4.78, 5) is 0. The molecule has 0 amide bonds. The van der Waals surface area contributed by atoms with Crippen molar-refractivity contribution in [2.75, 3.05) is 0 Å². The topological polar surface area (TPSA) is 26.0 Å². The van der Waals surface area contributed by atoms with Crippen molar-refractivity contribution in [1.82, 2.24) is 0 Å². The molecule has 4 unspecified atom stereocenters. The number of allylic oxidation sites excluding steroid dienone is 2. The summed E-state index contributed by atoms with van der Waals surface area (Å²) in [6, 6.07) is 0.504. The van der Waals surface area contributed by atoms with Gasteiger partial charge in [0.2, 0.25) is 0 Å². The van der Waals surface area contributed by atoms with E-state index in [1.54, 1.807) is 0 Å². The summed E-state index contributed by atoms with van der Waals surface area (Å²) in [5.41, 5.74) is 6.37. The zero-order valence-electron chi connectivity index (χ0n) is 12.4. The van der Waals surface area contributed by atoms with Crippen LogP contribution in [0, 0.1) is 23.7 Å². The first-order valence-corrected chi connectivity index (χ1v) is 8.78. The molecule has 0 heterocycles. The predicted molar refractivity (Wildman–Crippen MR) is 81.9 cm³/mol. The van der Waals surface area contributed by atoms with E-state index < -0.39 is 0 Å². The molecule has 1 nitrogen and oxygen atoms in total. The van der Waals surface area contributed by atoms with Crippen LogP contribution in [0.1, 0.15) is 70.6 Å². The van der Waals surface area contributed by atoms with Gasteiger partial charge in [-0.25, -0.2) is 0 Å². The second kappa shape index (κ2) is 6.43. The number of hydrogen-bond acceptors (Lipinski definition) is 1. The molecule has 3 rings (SSSR count). The molecule has 4 atom stereocenters. The fourth-order valence-corrected chi connectivity index (χ4v) is 4.93. The standard InChI is InChI=1S/C18H31N/c19-18-13-12-15(16-8-4-5-9-17(16)18)11-10-14-6-2-1-3-7-14/h10-11,14-18H,1-9,12-13,19H2/b11-10+. The van der Waals surface area contributed by atoms with Gasteiger partial charge in [0, 0.05) is 6.04 Å². The maximum atomic E-state index is 6.37. The highest BCUT2D eigenvalue weighted by Gasteiger charge is 2.37. The maximum Gasteiger partial charge on any atom is 0.00702 e. The third-order valence-corrected chi connectivity index (χ3v) is 6.09. The van der Waals surface area contributed by atoms with Crippen molar-refractivity contribution in [3.63, 3.8) is 0 Å². The van der Waals surface area contributed by atoms with Gasteiger partial charge in [-0.15, -0.1) is 0 Å². The van der Waals surface area contributed by atoms with E-state index in [1.807, 2.05) is 0 Å². The minimum atomic E-state index is 0.504. The van der Waals surface area contributed by atoms with Gasteiger partial charge in [0.1, 0.15) is 0 Å². The second-order valence-electron chi connectivity index (χ2n) is 7.30. The molecule has 19 heavy (non-hydrogen) atoms. The first kappa shape index (κ1) is 13.7. The Morgan fingerprint density at radius 2 is 1.32 bits per heavy atom. The van der Waals surface area contributed by atoms with Gasteiger partial charge in [-0.2, -0.15) is 0 Å². The van der Waals surface area contributed by atoms with Crippen LogP contribution in [0.15, 0.2) is 12.2 Å². The van der Waals surface area contributed by atoms with E-state index in [-0.39, 0.29) is 0 Å². The van der Waals surface area contributed by atoms with E-state index >= 15 is 0 Å². The Bertz CT molecular complexity index is 303. The molecule has 0 aromatic rings. The molecule has 3 aliphatic carbocycles. The first-order chi connectivity index (χ1) is 9.34. The molecule has 0 aliphatic heterocycles. The van der Waals surface area contributed by atoms with Crippen LogP contribution in [0.5, 0.6) is 0 Å². The number of rotatable bonds is 2. The molecule has 0 aromatic carbocycles. The van der Waals surface area contributed by atoms with Crippen LogP contribution in [0.4, 0.5) is 0 Å². The molecule has 3 fully saturated rings. The van der Waals surface area contributed by atoms with E-state index in [0.717, 1.165) is 23.7 Å². The van der Waals surface area contributed by atoms with Crippen molar-refractivity contribution in [2.45, 2.75) is 76.7 Å². The second-order valence-corrected chi connectivity index (χ2v) is 7.30. The summed E-state index contributed by atoms with van der Waals surface area (Å²) in [6.07, 6.45) is 20.8. The molecule has 0 aromatic heterocycles. The lowest BCUT2D eigenvalue weighted by Gasteiger charge is -2.44. The van der Waals surface area contributed by atoms with Gasteiger partial charge in [-0.05, 0) is 62.2 Å². The highest BCUT2D eigenvalue weighted by molar-refractivity contribution is 5.02. The van der Waals surface area contributed by atoms with E-state index in [1.165, 1.54) is 70.6 Å². The quantitative estimate of drug-likeness (QED) is 0.718. The highest BCUT2D eigenvalue weighted by atomic mass is 14.7. The summed E-state index contributed by atoms with van der Waals surface area (Å²) < 4.78 is 0. The average Bonchev–Trinajstić information content (AvgIpc) is 2.48. The van der Waals surface area contributed by atoms with Crippen LogP contribution in [-0.4, -0.2) is 6.04 Å². The molecule has 0 saturated heterocycles. The summed E-state index contributed by atoms with van der Waals surface area (Å²) in [5, 5.41) is 0. The van der Waals surface area contributed by atoms with E-state index in [9.17, 15) is 0 Å².